The summed E-state index contributed by atoms with van der Waals surface area (Å²) >= 11 is 0. The average molecular weight is 245 g/mol. The molecule has 2 nitrogen and oxygen atoms in total. The van der Waals surface area contributed by atoms with Gasteiger partial charge in [0, 0.05) is 25.7 Å². The fourth-order valence-corrected chi connectivity index (χ4v) is 4.11. The minimum Gasteiger partial charge on any atom is -0.327 e. The topological polar surface area (TPSA) is 29.3 Å². The van der Waals surface area contributed by atoms with E-state index in [-0.39, 0.29) is 12.4 Å². The molecule has 1 heterocycles. The fourth-order valence-electron chi connectivity index (χ4n) is 4.11. The van der Waals surface area contributed by atoms with Crippen molar-refractivity contribution in [3.8, 4) is 0 Å². The SMILES string of the molecule is Cl.NC1CCC2CN(CC3CCCC3)CC12. The van der Waals surface area contributed by atoms with Gasteiger partial charge in [0.05, 0.1) is 0 Å². The smallest absolute Gasteiger partial charge is 0.00826 e. The molecule has 94 valence electrons. The Bertz CT molecular complexity index is 226. The van der Waals surface area contributed by atoms with Crippen molar-refractivity contribution >= 4 is 12.4 Å². The highest BCUT2D eigenvalue weighted by atomic mass is 35.5. The second-order valence-electron chi connectivity index (χ2n) is 6.03. The van der Waals surface area contributed by atoms with E-state index >= 15 is 0 Å². The lowest BCUT2D eigenvalue weighted by Gasteiger charge is -2.21. The summed E-state index contributed by atoms with van der Waals surface area (Å²) in [6.07, 6.45) is 8.60. The predicted octanol–water partition coefficient (Wildman–Crippen LogP) is 2.27. The summed E-state index contributed by atoms with van der Waals surface area (Å²) < 4.78 is 0. The van der Waals surface area contributed by atoms with Crippen LogP contribution in [0.3, 0.4) is 0 Å². The molecule has 16 heavy (non-hydrogen) atoms. The van der Waals surface area contributed by atoms with Gasteiger partial charge < -0.3 is 10.6 Å². The Morgan fingerprint density at radius 2 is 1.75 bits per heavy atom. The molecule has 0 radical (unpaired) electrons. The first-order valence-electron chi connectivity index (χ1n) is 6.81. The molecule has 3 rings (SSSR count). The lowest BCUT2D eigenvalue weighted by molar-refractivity contribution is 0.258. The average Bonchev–Trinajstić information content (AvgIpc) is 2.88. The van der Waals surface area contributed by atoms with Crippen LogP contribution < -0.4 is 5.73 Å². The lowest BCUT2D eigenvalue weighted by atomic mass is 9.98. The summed E-state index contributed by atoms with van der Waals surface area (Å²) in [6, 6.07) is 0.517. The van der Waals surface area contributed by atoms with Gasteiger partial charge in [0.25, 0.3) is 0 Å². The van der Waals surface area contributed by atoms with Crippen molar-refractivity contribution < 1.29 is 0 Å². The zero-order valence-corrected chi connectivity index (χ0v) is 10.9. The largest absolute Gasteiger partial charge is 0.327 e. The van der Waals surface area contributed by atoms with Crippen molar-refractivity contribution in [1.82, 2.24) is 4.90 Å². The van der Waals surface area contributed by atoms with Crippen LogP contribution in [0.4, 0.5) is 0 Å². The van der Waals surface area contributed by atoms with Gasteiger partial charge in [-0.2, -0.15) is 0 Å². The first-order valence-corrected chi connectivity index (χ1v) is 6.81. The Morgan fingerprint density at radius 1 is 1.00 bits per heavy atom. The van der Waals surface area contributed by atoms with Crippen LogP contribution >= 0.6 is 12.4 Å². The second kappa shape index (κ2) is 5.24. The number of fused-ring (bicyclic) bond motifs is 1. The summed E-state index contributed by atoms with van der Waals surface area (Å²) in [6.45, 7) is 4.04. The van der Waals surface area contributed by atoms with Gasteiger partial charge in [-0.05, 0) is 43.4 Å². The Hall–Kier alpha value is 0.210. The van der Waals surface area contributed by atoms with Crippen molar-refractivity contribution in [2.24, 2.45) is 23.5 Å². The molecule has 0 aromatic rings. The molecular weight excluding hydrogens is 220 g/mol. The summed E-state index contributed by atoms with van der Waals surface area (Å²) in [5.74, 6) is 2.80. The van der Waals surface area contributed by atoms with E-state index in [0.717, 1.165) is 17.8 Å². The minimum atomic E-state index is 0. The van der Waals surface area contributed by atoms with E-state index in [1.165, 1.54) is 58.2 Å². The van der Waals surface area contributed by atoms with Gasteiger partial charge in [0.2, 0.25) is 0 Å². The molecule has 3 heteroatoms. The van der Waals surface area contributed by atoms with E-state index in [9.17, 15) is 0 Å². The van der Waals surface area contributed by atoms with Crippen LogP contribution in [0.2, 0.25) is 0 Å². The minimum absolute atomic E-state index is 0. The molecule has 0 aromatic carbocycles. The van der Waals surface area contributed by atoms with Gasteiger partial charge in [0.15, 0.2) is 0 Å². The molecular formula is C13H25ClN2. The van der Waals surface area contributed by atoms with E-state index in [1.807, 2.05) is 0 Å². The maximum absolute atomic E-state index is 6.16. The first-order chi connectivity index (χ1) is 7.33. The summed E-state index contributed by atoms with van der Waals surface area (Å²) in [4.78, 5) is 2.71. The van der Waals surface area contributed by atoms with Crippen molar-refractivity contribution in [2.45, 2.75) is 44.6 Å². The normalized spacial score (nSPS) is 39.9. The molecule has 3 aliphatic rings. The maximum Gasteiger partial charge on any atom is 0.00826 e. The van der Waals surface area contributed by atoms with Gasteiger partial charge in [-0.3, -0.25) is 0 Å². The van der Waals surface area contributed by atoms with Crippen LogP contribution in [0, 0.1) is 17.8 Å². The number of nitrogens with zero attached hydrogens (tertiary/aromatic N) is 1. The molecule has 2 saturated carbocycles. The Kier molecular flexibility index (Phi) is 4.15. The number of halogens is 1. The highest BCUT2D eigenvalue weighted by molar-refractivity contribution is 5.85. The molecule has 0 aromatic heterocycles. The van der Waals surface area contributed by atoms with E-state index in [4.69, 9.17) is 5.73 Å². The highest BCUT2D eigenvalue weighted by Crippen LogP contribution is 2.38. The standard InChI is InChI=1S/C13H24N2.ClH/c14-13-6-5-11-8-15(9-12(11)13)7-10-3-1-2-4-10;/h10-13H,1-9,14H2;1H. The quantitative estimate of drug-likeness (QED) is 0.808. The fraction of sp³-hybridized carbons (Fsp3) is 1.00. The van der Waals surface area contributed by atoms with Gasteiger partial charge in [-0.15, -0.1) is 12.4 Å². The van der Waals surface area contributed by atoms with Crippen molar-refractivity contribution in [1.29, 1.82) is 0 Å². The Morgan fingerprint density at radius 3 is 2.44 bits per heavy atom. The van der Waals surface area contributed by atoms with Crippen LogP contribution in [0.25, 0.3) is 0 Å². The van der Waals surface area contributed by atoms with E-state index in [2.05, 4.69) is 4.90 Å². The highest BCUT2D eigenvalue weighted by Gasteiger charge is 2.41. The van der Waals surface area contributed by atoms with Gasteiger partial charge in [-0.25, -0.2) is 0 Å². The molecule has 3 atom stereocenters. The Labute approximate surface area is 105 Å². The Balaban J connectivity index is 0.000000963. The maximum atomic E-state index is 6.16. The number of hydrogen-bond acceptors (Lipinski definition) is 2. The van der Waals surface area contributed by atoms with Gasteiger partial charge in [-0.1, -0.05) is 12.8 Å². The predicted molar refractivity (Wildman–Crippen MR) is 69.8 cm³/mol. The van der Waals surface area contributed by atoms with Crippen LogP contribution in [0.5, 0.6) is 0 Å². The molecule has 2 N–H and O–H groups in total. The van der Waals surface area contributed by atoms with Crippen molar-refractivity contribution in [3.05, 3.63) is 0 Å². The second-order valence-corrected chi connectivity index (χ2v) is 6.03. The number of likely N-dealkylation sites (tertiary alicyclic amines) is 1. The van der Waals surface area contributed by atoms with E-state index in [1.54, 1.807) is 0 Å². The number of nitrogens with two attached hydrogens (primary N) is 1. The monoisotopic (exact) mass is 244 g/mol. The summed E-state index contributed by atoms with van der Waals surface area (Å²) in [5, 5.41) is 0. The van der Waals surface area contributed by atoms with Gasteiger partial charge >= 0.3 is 0 Å². The third kappa shape index (κ3) is 2.39. The van der Waals surface area contributed by atoms with Crippen molar-refractivity contribution in [2.75, 3.05) is 19.6 Å². The zero-order chi connectivity index (χ0) is 10.3. The zero-order valence-electron chi connectivity index (χ0n) is 10.1. The molecule has 2 aliphatic carbocycles. The molecule has 1 aliphatic heterocycles. The lowest BCUT2D eigenvalue weighted by Crippen LogP contribution is -2.32. The van der Waals surface area contributed by atoms with Crippen LogP contribution in [-0.2, 0) is 0 Å². The van der Waals surface area contributed by atoms with E-state index in [0.29, 0.717) is 6.04 Å². The van der Waals surface area contributed by atoms with Crippen LogP contribution in [-0.4, -0.2) is 30.6 Å². The first kappa shape index (κ1) is 12.7. The van der Waals surface area contributed by atoms with Crippen LogP contribution in [0.1, 0.15) is 38.5 Å². The van der Waals surface area contributed by atoms with Gasteiger partial charge in [0.1, 0.15) is 0 Å². The van der Waals surface area contributed by atoms with Crippen molar-refractivity contribution in [3.63, 3.8) is 0 Å². The molecule has 3 fully saturated rings. The molecule has 1 saturated heterocycles. The molecule has 0 amide bonds. The number of rotatable bonds is 2. The third-order valence-corrected chi connectivity index (χ3v) is 4.98. The summed E-state index contributed by atoms with van der Waals surface area (Å²) in [5.41, 5.74) is 6.16. The molecule has 0 spiro atoms. The third-order valence-electron chi connectivity index (χ3n) is 4.98. The molecule has 3 unspecified atom stereocenters. The summed E-state index contributed by atoms with van der Waals surface area (Å²) in [7, 11) is 0. The van der Waals surface area contributed by atoms with E-state index < -0.39 is 0 Å². The van der Waals surface area contributed by atoms with Crippen LogP contribution in [0.15, 0.2) is 0 Å². The molecule has 0 bridgehead atoms. The number of hydrogen-bond donors (Lipinski definition) is 1.